The zero-order valence-electron chi connectivity index (χ0n) is 12.8. The molecule has 0 aliphatic heterocycles. The van der Waals surface area contributed by atoms with Gasteiger partial charge in [-0.15, -0.1) is 0 Å². The van der Waals surface area contributed by atoms with E-state index in [4.69, 9.17) is 9.84 Å². The van der Waals surface area contributed by atoms with Crippen LogP contribution in [0.2, 0.25) is 0 Å². The van der Waals surface area contributed by atoms with E-state index in [1.165, 1.54) is 0 Å². The summed E-state index contributed by atoms with van der Waals surface area (Å²) in [6, 6.07) is 15.0. The number of fused-ring (bicyclic) bond motifs is 3. The number of benzene rings is 2. The predicted octanol–water partition coefficient (Wildman–Crippen LogP) is 2.91. The Kier molecular flexibility index (Phi) is 4.76. The molecule has 1 amide bonds. The fourth-order valence-corrected chi connectivity index (χ4v) is 3.22. The fraction of sp³-hybridized carbons (Fsp3) is 0.222. The predicted molar refractivity (Wildman–Crippen MR) is 93.5 cm³/mol. The maximum atomic E-state index is 11.9. The highest BCUT2D eigenvalue weighted by Crippen LogP contribution is 2.44. The number of hydrogen-bond acceptors (Lipinski definition) is 4. The number of amides is 1. The van der Waals surface area contributed by atoms with E-state index in [1.54, 1.807) is 0 Å². The molecule has 2 aromatic carbocycles. The Morgan fingerprint density at radius 2 is 1.62 bits per heavy atom. The average molecular weight is 343 g/mol. The molecule has 2 N–H and O–H groups in total. The quantitative estimate of drug-likeness (QED) is 0.730. The van der Waals surface area contributed by atoms with Crippen LogP contribution in [0.1, 0.15) is 17.0 Å². The number of carboxylic acid groups (broad SMARTS) is 1. The molecule has 0 saturated heterocycles. The number of ether oxygens (including phenoxy) is 1. The summed E-state index contributed by atoms with van der Waals surface area (Å²) in [4.78, 5) is 22.8. The van der Waals surface area contributed by atoms with Crippen LogP contribution in [-0.2, 0) is 9.53 Å². The van der Waals surface area contributed by atoms with Gasteiger partial charge in [-0.05, 0) is 22.3 Å². The van der Waals surface area contributed by atoms with Crippen molar-refractivity contribution in [2.24, 2.45) is 0 Å². The molecule has 0 spiro atoms. The number of rotatable bonds is 5. The van der Waals surface area contributed by atoms with Gasteiger partial charge in [0.15, 0.2) is 0 Å². The molecule has 5 nitrogen and oxygen atoms in total. The first kappa shape index (κ1) is 16.4. The lowest BCUT2D eigenvalue weighted by Crippen LogP contribution is -2.42. The van der Waals surface area contributed by atoms with E-state index in [9.17, 15) is 9.59 Å². The van der Waals surface area contributed by atoms with Crippen molar-refractivity contribution in [1.29, 1.82) is 0 Å². The summed E-state index contributed by atoms with van der Waals surface area (Å²) in [5.74, 6) is -1.19. The third-order valence-corrected chi connectivity index (χ3v) is 4.48. The Morgan fingerprint density at radius 3 is 2.12 bits per heavy atom. The number of nitrogens with one attached hydrogen (secondary N) is 1. The highest BCUT2D eigenvalue weighted by atomic mass is 32.1. The molecule has 0 fully saturated rings. The zero-order valence-corrected chi connectivity index (χ0v) is 13.7. The van der Waals surface area contributed by atoms with Crippen molar-refractivity contribution in [2.75, 3.05) is 12.4 Å². The second kappa shape index (κ2) is 6.97. The van der Waals surface area contributed by atoms with Crippen LogP contribution < -0.4 is 5.32 Å². The topological polar surface area (TPSA) is 75.6 Å². The number of alkyl carbamates (subject to hydrolysis) is 1. The minimum Gasteiger partial charge on any atom is -0.480 e. The molecule has 3 rings (SSSR count). The molecular weight excluding hydrogens is 326 g/mol. The van der Waals surface area contributed by atoms with E-state index < -0.39 is 18.1 Å². The van der Waals surface area contributed by atoms with Crippen LogP contribution in [0.15, 0.2) is 48.5 Å². The van der Waals surface area contributed by atoms with Crippen molar-refractivity contribution in [3.05, 3.63) is 59.7 Å². The molecule has 0 heterocycles. The fourth-order valence-electron chi connectivity index (χ4n) is 2.97. The van der Waals surface area contributed by atoms with Gasteiger partial charge >= 0.3 is 12.1 Å². The van der Waals surface area contributed by atoms with Crippen LogP contribution in [0.5, 0.6) is 0 Å². The van der Waals surface area contributed by atoms with Crippen LogP contribution >= 0.6 is 12.6 Å². The molecule has 124 valence electrons. The van der Waals surface area contributed by atoms with Crippen LogP contribution in [0.4, 0.5) is 4.79 Å². The second-order valence-corrected chi connectivity index (χ2v) is 5.91. The van der Waals surface area contributed by atoms with Gasteiger partial charge in [0.25, 0.3) is 0 Å². The van der Waals surface area contributed by atoms with Crippen molar-refractivity contribution in [3.63, 3.8) is 0 Å². The third-order valence-electron chi connectivity index (χ3n) is 4.12. The average Bonchev–Trinajstić information content (AvgIpc) is 2.91. The summed E-state index contributed by atoms with van der Waals surface area (Å²) >= 11 is 3.91. The normalized spacial score (nSPS) is 13.7. The molecule has 0 bridgehead atoms. The molecule has 0 aromatic heterocycles. The lowest BCUT2D eigenvalue weighted by molar-refractivity contribution is -0.138. The van der Waals surface area contributed by atoms with E-state index in [2.05, 4.69) is 30.1 Å². The summed E-state index contributed by atoms with van der Waals surface area (Å²) in [6.45, 7) is 0.152. The molecule has 6 heteroatoms. The molecule has 1 aliphatic rings. The van der Waals surface area contributed by atoms with Crippen LogP contribution in [-0.4, -0.2) is 35.6 Å². The van der Waals surface area contributed by atoms with Gasteiger partial charge in [0.2, 0.25) is 0 Å². The van der Waals surface area contributed by atoms with Gasteiger partial charge in [0.1, 0.15) is 12.6 Å². The number of thiol groups is 1. The Bertz CT molecular complexity index is 732. The summed E-state index contributed by atoms with van der Waals surface area (Å²) in [6.07, 6.45) is -0.752. The summed E-state index contributed by atoms with van der Waals surface area (Å²) in [7, 11) is 0. The van der Waals surface area contributed by atoms with Gasteiger partial charge in [-0.3, -0.25) is 0 Å². The number of aliphatic carboxylic acids is 1. The van der Waals surface area contributed by atoms with Crippen molar-refractivity contribution in [3.8, 4) is 11.1 Å². The van der Waals surface area contributed by atoms with E-state index in [0.717, 1.165) is 22.3 Å². The standard InChI is InChI=1S/C18H17NO4S/c20-17(21)16(10-24)19-18(22)23-9-15-13-7-3-1-5-11(13)12-6-2-4-8-14(12)15/h1-8,15-16,24H,9-10H2,(H,19,22)(H,20,21). The molecule has 1 unspecified atom stereocenters. The third kappa shape index (κ3) is 3.10. The van der Waals surface area contributed by atoms with Crippen LogP contribution in [0.3, 0.4) is 0 Å². The monoisotopic (exact) mass is 343 g/mol. The molecule has 0 radical (unpaired) electrons. The van der Waals surface area contributed by atoms with Gasteiger partial charge in [0.05, 0.1) is 0 Å². The first-order chi connectivity index (χ1) is 11.6. The zero-order chi connectivity index (χ0) is 17.1. The minimum absolute atomic E-state index is 0.000468. The van der Waals surface area contributed by atoms with Crippen molar-refractivity contribution in [1.82, 2.24) is 5.32 Å². The first-order valence-electron chi connectivity index (χ1n) is 7.57. The van der Waals surface area contributed by atoms with E-state index in [0.29, 0.717) is 0 Å². The van der Waals surface area contributed by atoms with E-state index in [1.807, 2.05) is 36.4 Å². The van der Waals surface area contributed by atoms with Gasteiger partial charge in [-0.1, -0.05) is 48.5 Å². The Balaban J connectivity index is 1.74. The summed E-state index contributed by atoms with van der Waals surface area (Å²) < 4.78 is 5.27. The smallest absolute Gasteiger partial charge is 0.407 e. The van der Waals surface area contributed by atoms with Gasteiger partial charge < -0.3 is 15.2 Å². The molecule has 24 heavy (non-hydrogen) atoms. The Hall–Kier alpha value is -2.47. The van der Waals surface area contributed by atoms with E-state index >= 15 is 0 Å². The van der Waals surface area contributed by atoms with Gasteiger partial charge in [0, 0.05) is 11.7 Å². The van der Waals surface area contributed by atoms with Gasteiger partial charge in [-0.2, -0.15) is 12.6 Å². The van der Waals surface area contributed by atoms with E-state index in [-0.39, 0.29) is 18.3 Å². The minimum atomic E-state index is -1.14. The number of carbonyl (C=O) groups is 2. The largest absolute Gasteiger partial charge is 0.480 e. The van der Waals surface area contributed by atoms with Crippen LogP contribution in [0.25, 0.3) is 11.1 Å². The lowest BCUT2D eigenvalue weighted by atomic mass is 9.98. The number of carbonyl (C=O) groups excluding carboxylic acids is 1. The van der Waals surface area contributed by atoms with Crippen molar-refractivity contribution < 1.29 is 19.4 Å². The van der Waals surface area contributed by atoms with Crippen LogP contribution in [0, 0.1) is 0 Å². The second-order valence-electron chi connectivity index (χ2n) is 5.54. The van der Waals surface area contributed by atoms with Crippen molar-refractivity contribution >= 4 is 24.7 Å². The Labute approximate surface area is 145 Å². The van der Waals surface area contributed by atoms with Crippen molar-refractivity contribution in [2.45, 2.75) is 12.0 Å². The SMILES string of the molecule is O=C(NC(CS)C(=O)O)OCC1c2ccccc2-c2ccccc21. The lowest BCUT2D eigenvalue weighted by Gasteiger charge is -2.16. The Morgan fingerprint density at radius 1 is 1.08 bits per heavy atom. The maximum Gasteiger partial charge on any atom is 0.407 e. The molecule has 1 aliphatic carbocycles. The summed E-state index contributed by atoms with van der Waals surface area (Å²) in [5.41, 5.74) is 4.49. The maximum absolute atomic E-state index is 11.9. The molecular formula is C18H17NO4S. The summed E-state index contributed by atoms with van der Waals surface area (Å²) in [5, 5.41) is 11.2. The van der Waals surface area contributed by atoms with Gasteiger partial charge in [-0.25, -0.2) is 9.59 Å². The highest BCUT2D eigenvalue weighted by Gasteiger charge is 2.29. The molecule has 1 atom stereocenters. The molecule has 0 saturated carbocycles. The highest BCUT2D eigenvalue weighted by molar-refractivity contribution is 7.80. The molecule has 2 aromatic rings. The number of hydrogen-bond donors (Lipinski definition) is 3. The first-order valence-corrected chi connectivity index (χ1v) is 8.20. The number of carboxylic acids is 1.